The van der Waals surface area contributed by atoms with Gasteiger partial charge in [0.2, 0.25) is 0 Å². The zero-order valence-electron chi connectivity index (χ0n) is 12.1. The lowest BCUT2D eigenvalue weighted by atomic mass is 10.2. The molecule has 0 atom stereocenters. The van der Waals surface area contributed by atoms with E-state index in [0.29, 0.717) is 5.75 Å². The second kappa shape index (κ2) is 7.82. The number of hydrogen-bond acceptors (Lipinski definition) is 3. The number of carbonyl (C=O) groups excluding carboxylic acids is 1. The summed E-state index contributed by atoms with van der Waals surface area (Å²) in [6.45, 7) is 1.67. The van der Waals surface area contributed by atoms with E-state index >= 15 is 0 Å². The highest BCUT2D eigenvalue weighted by Gasteiger charge is 2.07. The van der Waals surface area contributed by atoms with E-state index in [1.807, 2.05) is 19.1 Å². The van der Waals surface area contributed by atoms with Crippen LogP contribution < -0.4 is 10.2 Å². The van der Waals surface area contributed by atoms with Gasteiger partial charge in [-0.1, -0.05) is 18.2 Å². The van der Waals surface area contributed by atoms with Crippen molar-refractivity contribution in [2.24, 2.45) is 5.10 Å². The molecule has 0 heterocycles. The Bertz CT molecular complexity index is 751. The van der Waals surface area contributed by atoms with E-state index in [1.165, 1.54) is 12.1 Å². The molecule has 2 aromatic carbocycles. The normalized spacial score (nSPS) is 10.8. The van der Waals surface area contributed by atoms with Crippen LogP contribution >= 0.6 is 15.9 Å². The van der Waals surface area contributed by atoms with E-state index in [9.17, 15) is 13.6 Å². The second-order valence-electron chi connectivity index (χ2n) is 4.66. The molecule has 4 nitrogen and oxygen atoms in total. The number of carbonyl (C=O) groups is 1. The molecule has 0 radical (unpaired) electrons. The first-order chi connectivity index (χ1) is 11.0. The number of benzene rings is 2. The van der Waals surface area contributed by atoms with Gasteiger partial charge in [0.25, 0.3) is 5.91 Å². The Hall–Kier alpha value is -2.28. The molecule has 0 aromatic heterocycles. The van der Waals surface area contributed by atoms with Gasteiger partial charge in [-0.2, -0.15) is 5.10 Å². The highest BCUT2D eigenvalue weighted by molar-refractivity contribution is 9.10. The number of hydrazone groups is 1. The predicted molar refractivity (Wildman–Crippen MR) is 86.5 cm³/mol. The monoisotopic (exact) mass is 382 g/mol. The van der Waals surface area contributed by atoms with Crippen molar-refractivity contribution in [1.29, 1.82) is 0 Å². The minimum absolute atomic E-state index is 0.0625. The fraction of sp³-hybridized carbons (Fsp3) is 0.125. The van der Waals surface area contributed by atoms with Crippen molar-refractivity contribution >= 4 is 28.1 Å². The summed E-state index contributed by atoms with van der Waals surface area (Å²) in [5.74, 6) is -2.00. The number of hydrogen-bond donors (Lipinski definition) is 1. The van der Waals surface area contributed by atoms with Crippen molar-refractivity contribution in [3.8, 4) is 5.75 Å². The largest absolute Gasteiger partial charge is 0.483 e. The average Bonchev–Trinajstić information content (AvgIpc) is 2.50. The van der Waals surface area contributed by atoms with Crippen LogP contribution in [0.4, 0.5) is 8.78 Å². The molecule has 0 aliphatic carbocycles. The molecule has 2 aromatic rings. The SMILES string of the molecule is Cc1ccc(OCC(=O)NN=Cc2cccc(F)c2F)c(Br)c1. The molecule has 23 heavy (non-hydrogen) atoms. The molecule has 120 valence electrons. The number of amides is 1. The van der Waals surface area contributed by atoms with Gasteiger partial charge in [0.15, 0.2) is 18.2 Å². The van der Waals surface area contributed by atoms with Crippen LogP contribution in [0, 0.1) is 18.6 Å². The minimum atomic E-state index is -1.02. The highest BCUT2D eigenvalue weighted by Crippen LogP contribution is 2.25. The van der Waals surface area contributed by atoms with Gasteiger partial charge in [-0.05, 0) is 46.6 Å². The summed E-state index contributed by atoms with van der Waals surface area (Å²) in [5, 5.41) is 3.57. The van der Waals surface area contributed by atoms with Crippen LogP contribution in [-0.4, -0.2) is 18.7 Å². The molecular formula is C16H13BrF2N2O2. The molecule has 2 rings (SSSR count). The third-order valence-corrected chi connectivity index (χ3v) is 3.44. The fourth-order valence-corrected chi connectivity index (χ4v) is 2.30. The van der Waals surface area contributed by atoms with Crippen LogP contribution in [0.1, 0.15) is 11.1 Å². The molecule has 0 saturated heterocycles. The molecule has 0 spiro atoms. The molecule has 0 aliphatic heterocycles. The Kier molecular flexibility index (Phi) is 5.81. The molecule has 0 unspecified atom stereocenters. The van der Waals surface area contributed by atoms with Crippen molar-refractivity contribution in [3.05, 3.63) is 63.6 Å². The van der Waals surface area contributed by atoms with Gasteiger partial charge >= 0.3 is 0 Å². The third-order valence-electron chi connectivity index (χ3n) is 2.82. The van der Waals surface area contributed by atoms with Crippen LogP contribution in [0.5, 0.6) is 5.75 Å². The van der Waals surface area contributed by atoms with Gasteiger partial charge < -0.3 is 4.74 Å². The molecule has 1 N–H and O–H groups in total. The Morgan fingerprint density at radius 1 is 1.35 bits per heavy atom. The number of halogens is 3. The number of ether oxygens (including phenoxy) is 1. The Balaban J connectivity index is 1.87. The maximum absolute atomic E-state index is 13.4. The summed E-state index contributed by atoms with van der Waals surface area (Å²) in [4.78, 5) is 11.6. The molecule has 1 amide bonds. The van der Waals surface area contributed by atoms with E-state index < -0.39 is 17.5 Å². The maximum atomic E-state index is 13.4. The lowest BCUT2D eigenvalue weighted by Crippen LogP contribution is -2.24. The van der Waals surface area contributed by atoms with Gasteiger partial charge in [0, 0.05) is 5.56 Å². The average molecular weight is 383 g/mol. The fourth-order valence-electron chi connectivity index (χ4n) is 1.69. The number of nitrogens with zero attached hydrogens (tertiary/aromatic N) is 1. The van der Waals surface area contributed by atoms with E-state index in [-0.39, 0.29) is 12.2 Å². The van der Waals surface area contributed by atoms with Crippen LogP contribution in [0.3, 0.4) is 0 Å². The summed E-state index contributed by atoms with van der Waals surface area (Å²) in [7, 11) is 0. The quantitative estimate of drug-likeness (QED) is 0.634. The van der Waals surface area contributed by atoms with E-state index in [0.717, 1.165) is 22.3 Å². The lowest BCUT2D eigenvalue weighted by Gasteiger charge is -2.07. The highest BCUT2D eigenvalue weighted by atomic mass is 79.9. The van der Waals surface area contributed by atoms with Crippen molar-refractivity contribution in [1.82, 2.24) is 5.43 Å². The maximum Gasteiger partial charge on any atom is 0.277 e. The summed E-state index contributed by atoms with van der Waals surface area (Å²) >= 11 is 3.33. The molecular weight excluding hydrogens is 370 g/mol. The lowest BCUT2D eigenvalue weighted by molar-refractivity contribution is -0.123. The zero-order chi connectivity index (χ0) is 16.8. The number of rotatable bonds is 5. The molecule has 0 fully saturated rings. The van der Waals surface area contributed by atoms with E-state index in [2.05, 4.69) is 26.5 Å². The number of aryl methyl sites for hydroxylation is 1. The van der Waals surface area contributed by atoms with Crippen LogP contribution in [0.15, 0.2) is 46.0 Å². The van der Waals surface area contributed by atoms with Crippen molar-refractivity contribution in [3.63, 3.8) is 0 Å². The van der Waals surface area contributed by atoms with E-state index in [1.54, 1.807) is 6.07 Å². The summed E-state index contributed by atoms with van der Waals surface area (Å²) < 4.78 is 32.4. The smallest absolute Gasteiger partial charge is 0.277 e. The van der Waals surface area contributed by atoms with Crippen molar-refractivity contribution < 1.29 is 18.3 Å². The second-order valence-corrected chi connectivity index (χ2v) is 5.51. The Labute approximate surface area is 140 Å². The van der Waals surface area contributed by atoms with Crippen LogP contribution in [-0.2, 0) is 4.79 Å². The first-order valence-electron chi connectivity index (χ1n) is 6.62. The van der Waals surface area contributed by atoms with Crippen LogP contribution in [0.2, 0.25) is 0 Å². The van der Waals surface area contributed by atoms with Crippen molar-refractivity contribution in [2.75, 3.05) is 6.61 Å². The summed E-state index contributed by atoms with van der Waals surface area (Å²) in [5.41, 5.74) is 3.17. The predicted octanol–water partition coefficient (Wildman–Crippen LogP) is 3.56. The standard InChI is InChI=1S/C16H13BrF2N2O2/c1-10-5-6-14(12(17)7-10)23-9-15(22)21-20-8-11-3-2-4-13(18)16(11)19/h2-8H,9H2,1H3,(H,21,22). The Morgan fingerprint density at radius 3 is 2.87 bits per heavy atom. The molecule has 0 aliphatic rings. The minimum Gasteiger partial charge on any atom is -0.483 e. The molecule has 0 bridgehead atoms. The summed E-state index contributed by atoms with van der Waals surface area (Å²) in [6.07, 6.45) is 1.03. The first-order valence-corrected chi connectivity index (χ1v) is 7.41. The van der Waals surface area contributed by atoms with Crippen LogP contribution in [0.25, 0.3) is 0 Å². The topological polar surface area (TPSA) is 50.7 Å². The van der Waals surface area contributed by atoms with Gasteiger partial charge in [-0.15, -0.1) is 0 Å². The third kappa shape index (κ3) is 4.85. The van der Waals surface area contributed by atoms with Gasteiger partial charge in [-0.3, -0.25) is 4.79 Å². The number of nitrogens with one attached hydrogen (secondary N) is 1. The molecule has 0 saturated carbocycles. The van der Waals surface area contributed by atoms with Gasteiger partial charge in [-0.25, -0.2) is 14.2 Å². The van der Waals surface area contributed by atoms with Gasteiger partial charge in [0.05, 0.1) is 10.7 Å². The van der Waals surface area contributed by atoms with E-state index in [4.69, 9.17) is 4.74 Å². The zero-order valence-corrected chi connectivity index (χ0v) is 13.7. The first kappa shape index (κ1) is 17.1. The Morgan fingerprint density at radius 2 is 2.13 bits per heavy atom. The summed E-state index contributed by atoms with van der Waals surface area (Å²) in [6, 6.07) is 9.13. The van der Waals surface area contributed by atoms with Crippen molar-refractivity contribution in [2.45, 2.75) is 6.92 Å². The van der Waals surface area contributed by atoms with Gasteiger partial charge in [0.1, 0.15) is 5.75 Å². The molecule has 7 heteroatoms.